The summed E-state index contributed by atoms with van der Waals surface area (Å²) in [5.74, 6) is -4.34. The van der Waals surface area contributed by atoms with E-state index in [0.717, 1.165) is 11.1 Å². The quantitative estimate of drug-likeness (QED) is 0.230. The SMILES string of the molecule is C[C@H](NC(=O)[C@H](CCc1ccccc1)NC(=O)OCc1ccccc1)C(=O)N[C@@H](CC(=O)O)C(=O)COCC(F)(F)F. The van der Waals surface area contributed by atoms with Crippen molar-refractivity contribution in [2.75, 3.05) is 13.2 Å². The summed E-state index contributed by atoms with van der Waals surface area (Å²) >= 11 is 0. The highest BCUT2D eigenvalue weighted by atomic mass is 19.4. The second kappa shape index (κ2) is 16.7. The van der Waals surface area contributed by atoms with Crippen LogP contribution in [0.5, 0.6) is 0 Å². The number of hydrogen-bond donors (Lipinski definition) is 4. The minimum Gasteiger partial charge on any atom is -0.481 e. The van der Waals surface area contributed by atoms with E-state index in [0.29, 0.717) is 6.42 Å². The number of carbonyl (C=O) groups is 5. The number of aryl methyl sites for hydroxylation is 1. The van der Waals surface area contributed by atoms with Crippen molar-refractivity contribution in [2.24, 2.45) is 0 Å². The van der Waals surface area contributed by atoms with Crippen LogP contribution in [0.4, 0.5) is 18.0 Å². The van der Waals surface area contributed by atoms with Crippen molar-refractivity contribution in [3.63, 3.8) is 0 Å². The van der Waals surface area contributed by atoms with Gasteiger partial charge >= 0.3 is 18.2 Å². The van der Waals surface area contributed by atoms with Gasteiger partial charge in [0.15, 0.2) is 5.78 Å². The normalized spacial score (nSPS) is 13.2. The maximum Gasteiger partial charge on any atom is 0.411 e. The first-order valence-electron chi connectivity index (χ1n) is 12.8. The smallest absolute Gasteiger partial charge is 0.411 e. The first-order valence-corrected chi connectivity index (χ1v) is 12.8. The molecular formula is C28H32F3N3O8. The summed E-state index contributed by atoms with van der Waals surface area (Å²) in [5, 5.41) is 16.1. The third kappa shape index (κ3) is 13.3. The number of alkyl halides is 3. The fourth-order valence-corrected chi connectivity index (χ4v) is 3.60. The molecule has 14 heteroatoms. The summed E-state index contributed by atoms with van der Waals surface area (Å²) in [7, 11) is 0. The number of benzene rings is 2. The second-order valence-electron chi connectivity index (χ2n) is 9.25. The summed E-state index contributed by atoms with van der Waals surface area (Å²) in [6.45, 7) is -1.62. The number of carboxylic acid groups (broad SMARTS) is 1. The lowest BCUT2D eigenvalue weighted by Gasteiger charge is -2.23. The lowest BCUT2D eigenvalue weighted by atomic mass is 10.0. The summed E-state index contributed by atoms with van der Waals surface area (Å²) in [6, 6.07) is 13.8. The van der Waals surface area contributed by atoms with Crippen LogP contribution in [0.3, 0.4) is 0 Å². The number of amides is 3. The maximum atomic E-state index is 13.1. The van der Waals surface area contributed by atoms with Gasteiger partial charge in [-0.15, -0.1) is 0 Å². The van der Waals surface area contributed by atoms with Crippen molar-refractivity contribution >= 4 is 29.7 Å². The number of carboxylic acids is 1. The molecule has 42 heavy (non-hydrogen) atoms. The molecular weight excluding hydrogens is 563 g/mol. The molecule has 0 spiro atoms. The van der Waals surface area contributed by atoms with E-state index in [9.17, 15) is 37.1 Å². The molecule has 2 aromatic rings. The van der Waals surface area contributed by atoms with Gasteiger partial charge in [-0.1, -0.05) is 60.7 Å². The Morgan fingerprint density at radius 3 is 2.00 bits per heavy atom. The van der Waals surface area contributed by atoms with Crippen molar-refractivity contribution in [3.05, 3.63) is 71.8 Å². The highest BCUT2D eigenvalue weighted by Crippen LogP contribution is 2.14. The Morgan fingerprint density at radius 1 is 0.833 bits per heavy atom. The molecule has 0 radical (unpaired) electrons. The van der Waals surface area contributed by atoms with E-state index in [4.69, 9.17) is 9.84 Å². The maximum absolute atomic E-state index is 13.1. The Kier molecular flexibility index (Phi) is 13.4. The zero-order valence-corrected chi connectivity index (χ0v) is 22.7. The fourth-order valence-electron chi connectivity index (χ4n) is 3.60. The van der Waals surface area contributed by atoms with E-state index >= 15 is 0 Å². The topological polar surface area (TPSA) is 160 Å². The molecule has 3 amide bonds. The van der Waals surface area contributed by atoms with Crippen LogP contribution in [0.1, 0.15) is 30.9 Å². The Labute approximate surface area is 239 Å². The van der Waals surface area contributed by atoms with Gasteiger partial charge in [0.25, 0.3) is 0 Å². The lowest BCUT2D eigenvalue weighted by Crippen LogP contribution is -2.55. The average molecular weight is 596 g/mol. The molecule has 0 saturated heterocycles. The van der Waals surface area contributed by atoms with Gasteiger partial charge < -0.3 is 30.5 Å². The average Bonchev–Trinajstić information content (AvgIpc) is 2.93. The molecule has 0 aromatic heterocycles. The number of alkyl carbamates (subject to hydrolysis) is 1. The van der Waals surface area contributed by atoms with Crippen LogP contribution < -0.4 is 16.0 Å². The summed E-state index contributed by atoms with van der Waals surface area (Å²) in [4.78, 5) is 61.6. The molecule has 0 bridgehead atoms. The minimum atomic E-state index is -4.70. The zero-order chi connectivity index (χ0) is 31.1. The van der Waals surface area contributed by atoms with Crippen LogP contribution in [0, 0.1) is 0 Å². The molecule has 228 valence electrons. The monoisotopic (exact) mass is 595 g/mol. The first-order chi connectivity index (χ1) is 19.8. The molecule has 0 aliphatic rings. The lowest BCUT2D eigenvalue weighted by molar-refractivity contribution is -0.176. The molecule has 0 heterocycles. The molecule has 0 aliphatic heterocycles. The van der Waals surface area contributed by atoms with Gasteiger partial charge in [0.05, 0.1) is 6.42 Å². The van der Waals surface area contributed by atoms with Crippen LogP contribution in [0.2, 0.25) is 0 Å². The number of Topliss-reactive ketones (excluding diaryl/α,β-unsaturated/α-hetero) is 1. The Bertz CT molecular complexity index is 1200. The van der Waals surface area contributed by atoms with Crippen molar-refractivity contribution in [3.8, 4) is 0 Å². The van der Waals surface area contributed by atoms with E-state index in [1.54, 1.807) is 42.5 Å². The van der Waals surface area contributed by atoms with Crippen LogP contribution in [0.25, 0.3) is 0 Å². The van der Waals surface area contributed by atoms with E-state index in [-0.39, 0.29) is 13.0 Å². The fraction of sp³-hybridized carbons (Fsp3) is 0.393. The standard InChI is InChI=1S/C28H32F3N3O8/c1-18(25(38)33-22(14-24(36)37)23(35)16-41-17-28(29,30)31)32-26(39)21(13-12-19-8-4-2-5-9-19)34-27(40)42-15-20-10-6-3-7-11-20/h2-11,18,21-22H,12-17H2,1H3,(H,32,39)(H,33,38)(H,34,40)(H,36,37)/t18-,21-,22-/m0/s1. The molecule has 4 N–H and O–H groups in total. The Balaban J connectivity index is 2.02. The zero-order valence-electron chi connectivity index (χ0n) is 22.7. The van der Waals surface area contributed by atoms with Gasteiger partial charge in [-0.3, -0.25) is 19.2 Å². The molecule has 0 fully saturated rings. The first kappa shape index (κ1) is 33.7. The van der Waals surface area contributed by atoms with Gasteiger partial charge in [0.2, 0.25) is 11.8 Å². The van der Waals surface area contributed by atoms with E-state index in [1.165, 1.54) is 6.92 Å². The number of rotatable bonds is 16. The van der Waals surface area contributed by atoms with Crippen molar-refractivity contribution in [2.45, 2.75) is 57.1 Å². The van der Waals surface area contributed by atoms with Crippen LogP contribution in [-0.4, -0.2) is 72.3 Å². The second-order valence-corrected chi connectivity index (χ2v) is 9.25. The molecule has 0 saturated carbocycles. The third-order valence-corrected chi connectivity index (χ3v) is 5.73. The summed E-state index contributed by atoms with van der Waals surface area (Å²) < 4.78 is 46.4. The number of hydrogen-bond acceptors (Lipinski definition) is 7. The molecule has 3 atom stereocenters. The van der Waals surface area contributed by atoms with Gasteiger partial charge in [-0.25, -0.2) is 4.79 Å². The molecule has 11 nitrogen and oxygen atoms in total. The van der Waals surface area contributed by atoms with Gasteiger partial charge in [-0.05, 0) is 30.9 Å². The van der Waals surface area contributed by atoms with Crippen molar-refractivity contribution < 1.29 is 51.7 Å². The predicted octanol–water partition coefficient (Wildman–Crippen LogP) is 2.53. The van der Waals surface area contributed by atoms with Crippen molar-refractivity contribution in [1.29, 1.82) is 0 Å². The van der Waals surface area contributed by atoms with Crippen LogP contribution in [-0.2, 0) is 41.7 Å². The highest BCUT2D eigenvalue weighted by molar-refractivity contribution is 5.95. The third-order valence-electron chi connectivity index (χ3n) is 5.73. The van der Waals surface area contributed by atoms with E-state index < -0.39 is 73.6 Å². The number of halogens is 3. The number of carbonyl (C=O) groups excluding carboxylic acids is 4. The molecule has 0 unspecified atom stereocenters. The molecule has 2 rings (SSSR count). The molecule has 0 aliphatic carbocycles. The Morgan fingerprint density at radius 2 is 1.43 bits per heavy atom. The summed E-state index contributed by atoms with van der Waals surface area (Å²) in [6.07, 6.45) is -6.00. The van der Waals surface area contributed by atoms with Crippen LogP contribution in [0.15, 0.2) is 60.7 Å². The summed E-state index contributed by atoms with van der Waals surface area (Å²) in [5.41, 5.74) is 1.60. The van der Waals surface area contributed by atoms with Gasteiger partial charge in [0, 0.05) is 0 Å². The number of ether oxygens (including phenoxy) is 2. The number of nitrogens with one attached hydrogen (secondary N) is 3. The number of ketones is 1. The van der Waals surface area contributed by atoms with Gasteiger partial charge in [0.1, 0.15) is 37.9 Å². The van der Waals surface area contributed by atoms with E-state index in [2.05, 4.69) is 20.7 Å². The van der Waals surface area contributed by atoms with Crippen LogP contribution >= 0.6 is 0 Å². The largest absolute Gasteiger partial charge is 0.481 e. The molecule has 2 aromatic carbocycles. The van der Waals surface area contributed by atoms with E-state index in [1.807, 2.05) is 18.2 Å². The number of aliphatic carboxylic acids is 1. The highest BCUT2D eigenvalue weighted by Gasteiger charge is 2.31. The van der Waals surface area contributed by atoms with Gasteiger partial charge in [-0.2, -0.15) is 13.2 Å². The predicted molar refractivity (Wildman–Crippen MR) is 142 cm³/mol. The van der Waals surface area contributed by atoms with Crippen molar-refractivity contribution in [1.82, 2.24) is 16.0 Å². The minimum absolute atomic E-state index is 0.0514. The Hall–Kier alpha value is -4.46.